The van der Waals surface area contributed by atoms with Gasteiger partial charge < -0.3 is 5.32 Å². The smallest absolute Gasteiger partial charge is 0.0620 e. The molecule has 0 amide bonds. The summed E-state index contributed by atoms with van der Waals surface area (Å²) in [6.07, 6.45) is 9.48. The minimum atomic E-state index is 0.576. The molecule has 1 aliphatic carbocycles. The van der Waals surface area contributed by atoms with Crippen molar-refractivity contribution in [1.82, 2.24) is 15.3 Å². The van der Waals surface area contributed by atoms with Crippen LogP contribution in [0.4, 0.5) is 0 Å². The Balaban J connectivity index is 2.14. The van der Waals surface area contributed by atoms with Gasteiger partial charge in [-0.2, -0.15) is 0 Å². The molecule has 3 heteroatoms. The lowest BCUT2D eigenvalue weighted by Gasteiger charge is -2.37. The van der Waals surface area contributed by atoms with Crippen molar-refractivity contribution in [2.24, 2.45) is 17.8 Å². The third kappa shape index (κ3) is 3.08. The normalized spacial score (nSPS) is 28.6. The first-order valence-electron chi connectivity index (χ1n) is 7.13. The third-order valence-corrected chi connectivity index (χ3v) is 4.41. The van der Waals surface area contributed by atoms with Crippen molar-refractivity contribution >= 4 is 0 Å². The minimum absolute atomic E-state index is 0.576. The van der Waals surface area contributed by atoms with E-state index in [4.69, 9.17) is 0 Å². The number of aromatic nitrogens is 2. The van der Waals surface area contributed by atoms with Gasteiger partial charge in [0.05, 0.1) is 5.69 Å². The van der Waals surface area contributed by atoms with E-state index in [2.05, 4.69) is 29.1 Å². The highest BCUT2D eigenvalue weighted by Crippen LogP contribution is 2.42. The van der Waals surface area contributed by atoms with Crippen LogP contribution in [0.25, 0.3) is 0 Å². The lowest BCUT2D eigenvalue weighted by Crippen LogP contribution is -2.32. The molecule has 1 aromatic rings. The van der Waals surface area contributed by atoms with Crippen LogP contribution in [0.3, 0.4) is 0 Å². The Labute approximate surface area is 110 Å². The highest BCUT2D eigenvalue weighted by atomic mass is 14.8. The molecule has 1 aliphatic rings. The van der Waals surface area contributed by atoms with E-state index in [1.165, 1.54) is 25.0 Å². The molecule has 0 spiro atoms. The van der Waals surface area contributed by atoms with E-state index in [0.29, 0.717) is 11.8 Å². The number of rotatable bonds is 4. The molecule has 1 fully saturated rings. The van der Waals surface area contributed by atoms with Gasteiger partial charge in [-0.3, -0.25) is 9.97 Å². The fourth-order valence-corrected chi connectivity index (χ4v) is 3.24. The Morgan fingerprint density at radius 1 is 1.33 bits per heavy atom. The Morgan fingerprint density at radius 3 is 2.78 bits per heavy atom. The van der Waals surface area contributed by atoms with Crippen molar-refractivity contribution in [3.8, 4) is 0 Å². The molecule has 0 radical (unpaired) electrons. The molecule has 1 aromatic heterocycles. The zero-order chi connectivity index (χ0) is 13.0. The van der Waals surface area contributed by atoms with Gasteiger partial charge in [-0.15, -0.1) is 0 Å². The average molecular weight is 247 g/mol. The second-order valence-electron chi connectivity index (χ2n) is 5.87. The molecular formula is C15H25N3. The lowest BCUT2D eigenvalue weighted by atomic mass is 9.69. The second kappa shape index (κ2) is 6.28. The molecular weight excluding hydrogens is 222 g/mol. The van der Waals surface area contributed by atoms with Crippen molar-refractivity contribution in [2.45, 2.75) is 39.0 Å². The van der Waals surface area contributed by atoms with Gasteiger partial charge >= 0.3 is 0 Å². The van der Waals surface area contributed by atoms with Crippen LogP contribution in [-0.4, -0.2) is 23.6 Å². The molecule has 0 saturated heterocycles. The van der Waals surface area contributed by atoms with Crippen molar-refractivity contribution in [3.63, 3.8) is 0 Å². The fraction of sp³-hybridized carbons (Fsp3) is 0.733. The fourth-order valence-electron chi connectivity index (χ4n) is 3.24. The summed E-state index contributed by atoms with van der Waals surface area (Å²) in [6.45, 7) is 5.78. The van der Waals surface area contributed by atoms with Gasteiger partial charge in [0, 0.05) is 24.5 Å². The first kappa shape index (κ1) is 13.5. The van der Waals surface area contributed by atoms with Gasteiger partial charge in [-0.25, -0.2) is 0 Å². The van der Waals surface area contributed by atoms with Crippen LogP contribution in [-0.2, 0) is 0 Å². The van der Waals surface area contributed by atoms with Gasteiger partial charge in [0.2, 0.25) is 0 Å². The van der Waals surface area contributed by atoms with Crippen molar-refractivity contribution in [1.29, 1.82) is 0 Å². The van der Waals surface area contributed by atoms with Crippen LogP contribution in [0.2, 0.25) is 0 Å². The van der Waals surface area contributed by atoms with Crippen LogP contribution in [0, 0.1) is 17.8 Å². The Bertz CT molecular complexity index is 350. The van der Waals surface area contributed by atoms with Crippen molar-refractivity contribution in [2.75, 3.05) is 13.6 Å². The van der Waals surface area contributed by atoms with E-state index in [9.17, 15) is 0 Å². The van der Waals surface area contributed by atoms with E-state index in [-0.39, 0.29) is 0 Å². The average Bonchev–Trinajstić information content (AvgIpc) is 2.40. The predicted molar refractivity (Wildman–Crippen MR) is 74.4 cm³/mol. The van der Waals surface area contributed by atoms with Crippen molar-refractivity contribution in [3.05, 3.63) is 24.3 Å². The minimum Gasteiger partial charge on any atom is -0.319 e. The van der Waals surface area contributed by atoms with Crippen LogP contribution in [0.15, 0.2) is 18.6 Å². The molecule has 0 aliphatic heterocycles. The van der Waals surface area contributed by atoms with E-state index >= 15 is 0 Å². The SMILES string of the molecule is CNCC1CCC(C(C)C)CC1c1cnccn1. The standard InChI is InChI=1S/C15H25N3/c1-11(2)12-4-5-13(9-16-3)14(8-12)15-10-17-6-7-18-15/h6-7,10-14,16H,4-5,8-9H2,1-3H3. The van der Waals surface area contributed by atoms with E-state index in [1.54, 1.807) is 6.20 Å². The predicted octanol–water partition coefficient (Wildman–Crippen LogP) is 2.85. The van der Waals surface area contributed by atoms with Crippen LogP contribution >= 0.6 is 0 Å². The largest absolute Gasteiger partial charge is 0.319 e. The molecule has 1 heterocycles. The van der Waals surface area contributed by atoms with Crippen LogP contribution in [0.5, 0.6) is 0 Å². The van der Waals surface area contributed by atoms with Gasteiger partial charge in [0.25, 0.3) is 0 Å². The molecule has 3 unspecified atom stereocenters. The van der Waals surface area contributed by atoms with Gasteiger partial charge in [-0.1, -0.05) is 13.8 Å². The molecule has 0 aromatic carbocycles. The first-order valence-corrected chi connectivity index (χ1v) is 7.13. The highest BCUT2D eigenvalue weighted by molar-refractivity contribution is 5.08. The van der Waals surface area contributed by atoms with Gasteiger partial charge in [-0.05, 0) is 50.6 Å². The van der Waals surface area contributed by atoms with Crippen LogP contribution < -0.4 is 5.32 Å². The highest BCUT2D eigenvalue weighted by Gasteiger charge is 2.33. The summed E-state index contributed by atoms with van der Waals surface area (Å²) in [6, 6.07) is 0. The molecule has 1 saturated carbocycles. The summed E-state index contributed by atoms with van der Waals surface area (Å²) in [5.74, 6) is 2.90. The van der Waals surface area contributed by atoms with E-state index < -0.39 is 0 Å². The summed E-state index contributed by atoms with van der Waals surface area (Å²) in [5.41, 5.74) is 1.18. The maximum absolute atomic E-state index is 4.54. The summed E-state index contributed by atoms with van der Waals surface area (Å²) < 4.78 is 0. The number of nitrogens with one attached hydrogen (secondary N) is 1. The molecule has 2 rings (SSSR count). The molecule has 100 valence electrons. The molecule has 1 N–H and O–H groups in total. The summed E-state index contributed by atoms with van der Waals surface area (Å²) in [7, 11) is 2.04. The van der Waals surface area contributed by atoms with E-state index in [0.717, 1.165) is 18.4 Å². The maximum Gasteiger partial charge on any atom is 0.0620 e. The molecule has 18 heavy (non-hydrogen) atoms. The molecule has 3 atom stereocenters. The third-order valence-electron chi connectivity index (χ3n) is 4.41. The Hall–Kier alpha value is -0.960. The quantitative estimate of drug-likeness (QED) is 0.889. The van der Waals surface area contributed by atoms with Gasteiger partial charge in [0.15, 0.2) is 0 Å². The summed E-state index contributed by atoms with van der Waals surface area (Å²) in [5, 5.41) is 3.33. The van der Waals surface area contributed by atoms with Crippen LogP contribution in [0.1, 0.15) is 44.7 Å². The Kier molecular flexibility index (Phi) is 4.70. The van der Waals surface area contributed by atoms with Gasteiger partial charge in [0.1, 0.15) is 0 Å². The monoisotopic (exact) mass is 247 g/mol. The zero-order valence-electron chi connectivity index (χ0n) is 11.8. The lowest BCUT2D eigenvalue weighted by molar-refractivity contribution is 0.189. The zero-order valence-corrected chi connectivity index (χ0v) is 11.8. The Morgan fingerprint density at radius 2 is 2.17 bits per heavy atom. The van der Waals surface area contributed by atoms with Crippen molar-refractivity contribution < 1.29 is 0 Å². The molecule has 3 nitrogen and oxygen atoms in total. The number of hydrogen-bond donors (Lipinski definition) is 1. The number of hydrogen-bond acceptors (Lipinski definition) is 3. The van der Waals surface area contributed by atoms with E-state index in [1.807, 2.05) is 19.4 Å². The molecule has 0 bridgehead atoms. The topological polar surface area (TPSA) is 37.8 Å². The summed E-state index contributed by atoms with van der Waals surface area (Å²) in [4.78, 5) is 8.78. The first-order chi connectivity index (χ1) is 8.72. The summed E-state index contributed by atoms with van der Waals surface area (Å²) >= 11 is 0. The second-order valence-corrected chi connectivity index (χ2v) is 5.87. The number of nitrogens with zero attached hydrogens (tertiary/aromatic N) is 2. The maximum atomic E-state index is 4.54.